The summed E-state index contributed by atoms with van der Waals surface area (Å²) in [6.07, 6.45) is 0.661. The largest absolute Gasteiger partial charge is 0.468 e. The molecule has 0 aliphatic carbocycles. The zero-order valence-corrected chi connectivity index (χ0v) is 11.2. The molecule has 0 aliphatic heterocycles. The van der Waals surface area contributed by atoms with E-state index in [9.17, 15) is 4.79 Å². The SMILES string of the molecule is COc1ccc(C(=O)NC(C)Cc2cc(C)[nH]n2)o1. The third-order valence-electron chi connectivity index (χ3n) is 2.66. The van der Waals surface area contributed by atoms with Gasteiger partial charge in [-0.1, -0.05) is 0 Å². The molecule has 6 heteroatoms. The van der Waals surface area contributed by atoms with Crippen molar-refractivity contribution in [2.75, 3.05) is 7.11 Å². The standard InChI is InChI=1S/C13H17N3O3/c1-8(6-10-7-9(2)15-16-10)14-13(17)11-4-5-12(18-3)19-11/h4-5,7-8H,6H2,1-3H3,(H,14,17)(H,15,16). The van der Waals surface area contributed by atoms with E-state index >= 15 is 0 Å². The molecule has 19 heavy (non-hydrogen) atoms. The van der Waals surface area contributed by atoms with Gasteiger partial charge in [-0.3, -0.25) is 9.89 Å². The Hall–Kier alpha value is -2.24. The molecule has 0 bridgehead atoms. The minimum atomic E-state index is -0.261. The molecule has 2 N–H and O–H groups in total. The van der Waals surface area contributed by atoms with Crippen molar-refractivity contribution in [3.63, 3.8) is 0 Å². The summed E-state index contributed by atoms with van der Waals surface area (Å²) in [5.41, 5.74) is 1.92. The number of ether oxygens (including phenoxy) is 1. The van der Waals surface area contributed by atoms with Crippen LogP contribution >= 0.6 is 0 Å². The van der Waals surface area contributed by atoms with Crippen molar-refractivity contribution in [2.45, 2.75) is 26.3 Å². The Morgan fingerprint density at radius 2 is 2.37 bits per heavy atom. The van der Waals surface area contributed by atoms with E-state index in [2.05, 4.69) is 15.5 Å². The third-order valence-corrected chi connectivity index (χ3v) is 2.66. The molecule has 2 heterocycles. The van der Waals surface area contributed by atoms with Gasteiger partial charge in [0.2, 0.25) is 0 Å². The van der Waals surface area contributed by atoms with E-state index < -0.39 is 0 Å². The number of aryl methyl sites for hydroxylation is 1. The van der Waals surface area contributed by atoms with Crippen molar-refractivity contribution in [1.82, 2.24) is 15.5 Å². The van der Waals surface area contributed by atoms with Crippen molar-refractivity contribution < 1.29 is 13.9 Å². The predicted molar refractivity (Wildman–Crippen MR) is 69.2 cm³/mol. The summed E-state index contributed by atoms with van der Waals surface area (Å²) >= 11 is 0. The minimum absolute atomic E-state index is 0.0358. The summed E-state index contributed by atoms with van der Waals surface area (Å²) in [4.78, 5) is 11.9. The molecule has 102 valence electrons. The molecule has 0 aromatic carbocycles. The van der Waals surface area contributed by atoms with Crippen molar-refractivity contribution in [3.8, 4) is 5.95 Å². The molecule has 0 fully saturated rings. The fraction of sp³-hybridized carbons (Fsp3) is 0.385. The van der Waals surface area contributed by atoms with Crippen LogP contribution in [0.25, 0.3) is 0 Å². The number of nitrogens with zero attached hydrogens (tertiary/aromatic N) is 1. The second kappa shape index (κ2) is 5.60. The van der Waals surface area contributed by atoms with Gasteiger partial charge in [-0.05, 0) is 26.0 Å². The van der Waals surface area contributed by atoms with Crippen LogP contribution in [0.1, 0.15) is 28.9 Å². The first-order chi connectivity index (χ1) is 9.08. The number of nitrogens with one attached hydrogen (secondary N) is 2. The van der Waals surface area contributed by atoms with E-state index in [1.54, 1.807) is 12.1 Å². The van der Waals surface area contributed by atoms with Crippen LogP contribution in [0.15, 0.2) is 22.6 Å². The average molecular weight is 263 g/mol. The Morgan fingerprint density at radius 1 is 1.58 bits per heavy atom. The van der Waals surface area contributed by atoms with Crippen molar-refractivity contribution >= 4 is 5.91 Å². The molecule has 0 saturated carbocycles. The van der Waals surface area contributed by atoms with Gasteiger partial charge in [0.05, 0.1) is 12.8 Å². The average Bonchev–Trinajstić information content (AvgIpc) is 2.98. The van der Waals surface area contributed by atoms with Crippen LogP contribution in [0.5, 0.6) is 5.95 Å². The molecule has 2 rings (SSSR count). The van der Waals surface area contributed by atoms with Gasteiger partial charge < -0.3 is 14.5 Å². The summed E-state index contributed by atoms with van der Waals surface area (Å²) in [6.45, 7) is 3.86. The molecular formula is C13H17N3O3. The second-order valence-electron chi connectivity index (χ2n) is 4.44. The van der Waals surface area contributed by atoms with Crippen LogP contribution in [0.2, 0.25) is 0 Å². The molecule has 2 aromatic heterocycles. The lowest BCUT2D eigenvalue weighted by Gasteiger charge is -2.10. The lowest BCUT2D eigenvalue weighted by Crippen LogP contribution is -2.33. The maximum absolute atomic E-state index is 11.9. The topological polar surface area (TPSA) is 80.1 Å². The van der Waals surface area contributed by atoms with Crippen LogP contribution < -0.4 is 10.1 Å². The summed E-state index contributed by atoms with van der Waals surface area (Å²) in [5.74, 6) is 0.297. The number of carbonyl (C=O) groups excluding carboxylic acids is 1. The normalized spacial score (nSPS) is 12.2. The third kappa shape index (κ3) is 3.37. The molecule has 1 unspecified atom stereocenters. The highest BCUT2D eigenvalue weighted by atomic mass is 16.6. The molecule has 0 saturated heterocycles. The summed E-state index contributed by atoms with van der Waals surface area (Å²) in [5, 5.41) is 9.85. The number of rotatable bonds is 5. The van der Waals surface area contributed by atoms with Gasteiger partial charge in [0.1, 0.15) is 0 Å². The first kappa shape index (κ1) is 13.2. The molecule has 1 amide bonds. The van der Waals surface area contributed by atoms with Gasteiger partial charge >= 0.3 is 0 Å². The zero-order valence-electron chi connectivity index (χ0n) is 11.2. The molecule has 0 radical (unpaired) electrons. The number of H-pyrrole nitrogens is 1. The Labute approximate surface area is 111 Å². The maximum atomic E-state index is 11.9. The van der Waals surface area contributed by atoms with E-state index in [-0.39, 0.29) is 17.7 Å². The monoisotopic (exact) mass is 263 g/mol. The van der Waals surface area contributed by atoms with Crippen molar-refractivity contribution in [1.29, 1.82) is 0 Å². The minimum Gasteiger partial charge on any atom is -0.468 e. The first-order valence-electron chi connectivity index (χ1n) is 6.04. The number of carbonyl (C=O) groups is 1. The first-order valence-corrected chi connectivity index (χ1v) is 6.04. The van der Waals surface area contributed by atoms with Crippen LogP contribution in [0.4, 0.5) is 0 Å². The maximum Gasteiger partial charge on any atom is 0.287 e. The molecule has 2 aromatic rings. The molecule has 0 aliphatic rings. The highest BCUT2D eigenvalue weighted by Crippen LogP contribution is 2.15. The van der Waals surface area contributed by atoms with Crippen LogP contribution in [-0.4, -0.2) is 29.3 Å². The van der Waals surface area contributed by atoms with Gasteiger partial charge in [0.25, 0.3) is 11.9 Å². The van der Waals surface area contributed by atoms with Gasteiger partial charge in [-0.25, -0.2) is 0 Å². The zero-order chi connectivity index (χ0) is 13.8. The molecule has 6 nitrogen and oxygen atoms in total. The number of furan rings is 1. The van der Waals surface area contributed by atoms with Crippen molar-refractivity contribution in [2.24, 2.45) is 0 Å². The van der Waals surface area contributed by atoms with E-state index in [4.69, 9.17) is 9.15 Å². The van der Waals surface area contributed by atoms with E-state index in [1.807, 2.05) is 19.9 Å². The highest BCUT2D eigenvalue weighted by molar-refractivity contribution is 5.91. The van der Waals surface area contributed by atoms with Crippen molar-refractivity contribution in [3.05, 3.63) is 35.3 Å². The number of hydrogen-bond acceptors (Lipinski definition) is 4. The summed E-state index contributed by atoms with van der Waals surface area (Å²) in [7, 11) is 1.49. The number of hydrogen-bond donors (Lipinski definition) is 2. The van der Waals surface area contributed by atoms with Gasteiger partial charge in [-0.2, -0.15) is 5.10 Å². The number of amides is 1. The number of aromatic nitrogens is 2. The Morgan fingerprint density at radius 3 is 2.95 bits per heavy atom. The quantitative estimate of drug-likeness (QED) is 0.860. The summed E-state index contributed by atoms with van der Waals surface area (Å²) < 4.78 is 10.1. The Balaban J connectivity index is 1.91. The fourth-order valence-corrected chi connectivity index (χ4v) is 1.79. The number of methoxy groups -OCH3 is 1. The second-order valence-corrected chi connectivity index (χ2v) is 4.44. The summed E-state index contributed by atoms with van der Waals surface area (Å²) in [6, 6.07) is 5.11. The van der Waals surface area contributed by atoms with Gasteiger partial charge in [0.15, 0.2) is 5.76 Å². The number of aromatic amines is 1. The van der Waals surface area contributed by atoms with Crippen LogP contribution in [0.3, 0.4) is 0 Å². The van der Waals surface area contributed by atoms with E-state index in [0.717, 1.165) is 11.4 Å². The van der Waals surface area contributed by atoms with Gasteiger partial charge in [0, 0.05) is 24.2 Å². The Bertz CT molecular complexity index is 559. The molecule has 1 atom stereocenters. The smallest absolute Gasteiger partial charge is 0.287 e. The van der Waals surface area contributed by atoms with Gasteiger partial charge in [-0.15, -0.1) is 0 Å². The molecule has 0 spiro atoms. The van der Waals surface area contributed by atoms with E-state index in [0.29, 0.717) is 12.4 Å². The van der Waals surface area contributed by atoms with Crippen LogP contribution in [-0.2, 0) is 6.42 Å². The molecular weight excluding hydrogens is 246 g/mol. The fourth-order valence-electron chi connectivity index (χ4n) is 1.79. The lowest BCUT2D eigenvalue weighted by atomic mass is 10.1. The Kier molecular flexibility index (Phi) is 3.89. The highest BCUT2D eigenvalue weighted by Gasteiger charge is 2.15. The van der Waals surface area contributed by atoms with E-state index in [1.165, 1.54) is 7.11 Å². The van der Waals surface area contributed by atoms with Crippen LogP contribution in [0, 0.1) is 6.92 Å². The predicted octanol–water partition coefficient (Wildman–Crippen LogP) is 1.68. The lowest BCUT2D eigenvalue weighted by molar-refractivity contribution is 0.0905.